The molecule has 28 heavy (non-hydrogen) atoms. The molecule has 1 aromatic carbocycles. The second kappa shape index (κ2) is 8.31. The molecule has 2 atom stereocenters. The van der Waals surface area contributed by atoms with Gasteiger partial charge >= 0.3 is 0 Å². The van der Waals surface area contributed by atoms with E-state index in [0.29, 0.717) is 19.4 Å². The highest BCUT2D eigenvalue weighted by molar-refractivity contribution is 5.77. The molecule has 0 N–H and O–H groups in total. The lowest BCUT2D eigenvalue weighted by atomic mass is 10.1. The zero-order valence-electron chi connectivity index (χ0n) is 16.6. The third-order valence-electron chi connectivity index (χ3n) is 5.95. The Labute approximate surface area is 165 Å². The molecule has 3 heterocycles. The standard InChI is InChI=1S/C21H28N4O3/c1-27-12-11-19-22-23-20-13-16-8-9-17(14-24(19)20)25(16)21(26)10-7-15-5-3-4-6-18(15)28-2/h3-6,16-17H,7-14H2,1-2H3/t16-,17+/m0/s1. The first kappa shape index (κ1) is 18.9. The van der Waals surface area contributed by atoms with Crippen LogP contribution in [0.2, 0.25) is 0 Å². The summed E-state index contributed by atoms with van der Waals surface area (Å²) in [4.78, 5) is 15.3. The summed E-state index contributed by atoms with van der Waals surface area (Å²) in [5, 5.41) is 8.76. The Kier molecular flexibility index (Phi) is 5.62. The van der Waals surface area contributed by atoms with Crippen molar-refractivity contribution in [2.75, 3.05) is 20.8 Å². The Bertz CT molecular complexity index is 835. The third kappa shape index (κ3) is 3.63. The molecule has 1 amide bonds. The molecule has 1 fully saturated rings. The second-order valence-electron chi connectivity index (χ2n) is 7.59. The van der Waals surface area contributed by atoms with Crippen molar-refractivity contribution in [2.45, 2.75) is 57.2 Å². The molecule has 7 heteroatoms. The minimum absolute atomic E-state index is 0.230. The Hall–Kier alpha value is -2.41. The Morgan fingerprint density at radius 1 is 1.14 bits per heavy atom. The Morgan fingerprint density at radius 3 is 2.79 bits per heavy atom. The van der Waals surface area contributed by atoms with Crippen LogP contribution >= 0.6 is 0 Å². The van der Waals surface area contributed by atoms with Crippen LogP contribution in [0.1, 0.15) is 36.5 Å². The first-order valence-corrected chi connectivity index (χ1v) is 10.0. The fourth-order valence-electron chi connectivity index (χ4n) is 4.56. The number of benzene rings is 1. The van der Waals surface area contributed by atoms with E-state index < -0.39 is 0 Å². The number of carbonyl (C=O) groups excluding carboxylic acids is 1. The lowest BCUT2D eigenvalue weighted by molar-refractivity contribution is -0.134. The van der Waals surface area contributed by atoms with Crippen molar-refractivity contribution in [2.24, 2.45) is 0 Å². The van der Waals surface area contributed by atoms with Crippen molar-refractivity contribution in [3.05, 3.63) is 41.5 Å². The van der Waals surface area contributed by atoms with E-state index in [4.69, 9.17) is 9.47 Å². The van der Waals surface area contributed by atoms with Crippen molar-refractivity contribution in [1.29, 1.82) is 0 Å². The van der Waals surface area contributed by atoms with Gasteiger partial charge in [-0.2, -0.15) is 0 Å². The maximum Gasteiger partial charge on any atom is 0.223 e. The Balaban J connectivity index is 1.46. The van der Waals surface area contributed by atoms with Gasteiger partial charge in [0, 0.05) is 39.0 Å². The molecule has 4 rings (SSSR count). The van der Waals surface area contributed by atoms with E-state index in [0.717, 1.165) is 55.2 Å². The van der Waals surface area contributed by atoms with Crippen LogP contribution in [-0.2, 0) is 35.3 Å². The molecular formula is C21H28N4O3. The monoisotopic (exact) mass is 384 g/mol. The van der Waals surface area contributed by atoms with Crippen LogP contribution in [-0.4, -0.2) is 58.5 Å². The van der Waals surface area contributed by atoms with E-state index in [1.165, 1.54) is 0 Å². The van der Waals surface area contributed by atoms with Gasteiger partial charge in [-0.05, 0) is 30.9 Å². The molecule has 0 spiro atoms. The van der Waals surface area contributed by atoms with Gasteiger partial charge in [0.2, 0.25) is 5.91 Å². The number of amides is 1. The summed E-state index contributed by atoms with van der Waals surface area (Å²) in [5.74, 6) is 3.05. The predicted molar refractivity (Wildman–Crippen MR) is 104 cm³/mol. The van der Waals surface area contributed by atoms with E-state index in [1.54, 1.807) is 14.2 Å². The van der Waals surface area contributed by atoms with Crippen LogP contribution in [0.15, 0.2) is 24.3 Å². The molecule has 0 unspecified atom stereocenters. The van der Waals surface area contributed by atoms with Gasteiger partial charge in [0.05, 0.1) is 19.8 Å². The number of ether oxygens (including phenoxy) is 2. The van der Waals surface area contributed by atoms with Crippen LogP contribution < -0.4 is 4.74 Å². The number of rotatable bonds is 7. The molecule has 2 aliphatic heterocycles. The first-order valence-electron chi connectivity index (χ1n) is 10.0. The minimum Gasteiger partial charge on any atom is -0.496 e. The summed E-state index contributed by atoms with van der Waals surface area (Å²) in [6, 6.07) is 8.39. The van der Waals surface area contributed by atoms with Crippen molar-refractivity contribution in [3.63, 3.8) is 0 Å². The Morgan fingerprint density at radius 2 is 1.96 bits per heavy atom. The van der Waals surface area contributed by atoms with Crippen LogP contribution in [0.3, 0.4) is 0 Å². The van der Waals surface area contributed by atoms with Crippen molar-refractivity contribution < 1.29 is 14.3 Å². The predicted octanol–water partition coefficient (Wildman–Crippen LogP) is 2.02. The van der Waals surface area contributed by atoms with E-state index in [1.807, 2.05) is 24.3 Å². The minimum atomic E-state index is 0.230. The maximum atomic E-state index is 13.1. The number of hydrogen-bond donors (Lipinski definition) is 0. The maximum absolute atomic E-state index is 13.1. The van der Waals surface area contributed by atoms with Gasteiger partial charge in [0.25, 0.3) is 0 Å². The molecule has 0 radical (unpaired) electrons. The van der Waals surface area contributed by atoms with Gasteiger partial charge in [0.1, 0.15) is 17.4 Å². The lowest BCUT2D eigenvalue weighted by Crippen LogP contribution is -2.42. The summed E-state index contributed by atoms with van der Waals surface area (Å²) < 4.78 is 12.8. The molecule has 2 aliphatic rings. The smallest absolute Gasteiger partial charge is 0.223 e. The summed E-state index contributed by atoms with van der Waals surface area (Å²) >= 11 is 0. The van der Waals surface area contributed by atoms with E-state index in [-0.39, 0.29) is 18.0 Å². The number of methoxy groups -OCH3 is 2. The summed E-state index contributed by atoms with van der Waals surface area (Å²) in [6.45, 7) is 1.42. The molecule has 1 saturated heterocycles. The highest BCUT2D eigenvalue weighted by Crippen LogP contribution is 2.32. The number of para-hydroxylation sites is 1. The van der Waals surface area contributed by atoms with E-state index in [9.17, 15) is 4.79 Å². The molecule has 150 valence electrons. The van der Waals surface area contributed by atoms with Gasteiger partial charge < -0.3 is 18.9 Å². The van der Waals surface area contributed by atoms with Gasteiger partial charge in [-0.1, -0.05) is 18.2 Å². The third-order valence-corrected chi connectivity index (χ3v) is 5.95. The molecule has 0 aliphatic carbocycles. The normalized spacial score (nSPS) is 20.7. The zero-order valence-corrected chi connectivity index (χ0v) is 16.6. The number of aromatic nitrogens is 3. The average molecular weight is 384 g/mol. The molecule has 2 bridgehead atoms. The second-order valence-corrected chi connectivity index (χ2v) is 7.59. The summed E-state index contributed by atoms with van der Waals surface area (Å²) in [5.41, 5.74) is 1.08. The van der Waals surface area contributed by atoms with Crippen LogP contribution in [0.5, 0.6) is 5.75 Å². The summed E-state index contributed by atoms with van der Waals surface area (Å²) in [7, 11) is 3.37. The molecule has 0 saturated carbocycles. The SMILES string of the molecule is COCCc1nnc2n1C[C@H]1CC[C@@H](C2)N1C(=O)CCc1ccccc1OC. The largest absolute Gasteiger partial charge is 0.496 e. The van der Waals surface area contributed by atoms with Gasteiger partial charge in [-0.25, -0.2) is 0 Å². The van der Waals surface area contributed by atoms with Crippen molar-refractivity contribution >= 4 is 5.91 Å². The first-order chi connectivity index (χ1) is 13.7. The topological polar surface area (TPSA) is 69.5 Å². The van der Waals surface area contributed by atoms with Crippen LogP contribution in [0, 0.1) is 0 Å². The fraction of sp³-hybridized carbons (Fsp3) is 0.571. The zero-order chi connectivity index (χ0) is 19.5. The molecular weight excluding hydrogens is 356 g/mol. The quantitative estimate of drug-likeness (QED) is 0.731. The highest BCUT2D eigenvalue weighted by atomic mass is 16.5. The molecule has 2 aromatic rings. The van der Waals surface area contributed by atoms with Gasteiger partial charge in [-0.15, -0.1) is 10.2 Å². The lowest BCUT2D eigenvalue weighted by Gasteiger charge is -2.28. The number of nitrogens with zero attached hydrogens (tertiary/aromatic N) is 4. The molecule has 7 nitrogen and oxygen atoms in total. The fourth-order valence-corrected chi connectivity index (χ4v) is 4.56. The summed E-state index contributed by atoms with van der Waals surface area (Å²) in [6.07, 6.45) is 4.84. The number of hydrogen-bond acceptors (Lipinski definition) is 5. The van der Waals surface area contributed by atoms with Crippen molar-refractivity contribution in [3.8, 4) is 5.75 Å². The number of fused-ring (bicyclic) bond motifs is 3. The van der Waals surface area contributed by atoms with E-state index in [2.05, 4.69) is 19.7 Å². The molecule has 1 aromatic heterocycles. The van der Waals surface area contributed by atoms with Gasteiger partial charge in [-0.3, -0.25) is 4.79 Å². The average Bonchev–Trinajstić information content (AvgIpc) is 3.23. The van der Waals surface area contributed by atoms with Crippen molar-refractivity contribution in [1.82, 2.24) is 19.7 Å². The van der Waals surface area contributed by atoms with Crippen LogP contribution in [0.25, 0.3) is 0 Å². The number of carbonyl (C=O) groups is 1. The van der Waals surface area contributed by atoms with Crippen LogP contribution in [0.4, 0.5) is 0 Å². The van der Waals surface area contributed by atoms with E-state index >= 15 is 0 Å². The van der Waals surface area contributed by atoms with Gasteiger partial charge in [0.15, 0.2) is 0 Å². The number of aryl methyl sites for hydroxylation is 1. The highest BCUT2D eigenvalue weighted by Gasteiger charge is 2.40.